The Morgan fingerprint density at radius 3 is 2.79 bits per heavy atom. The van der Waals surface area contributed by atoms with Crippen LogP contribution in [-0.2, 0) is 7.05 Å². The first-order valence-corrected chi connectivity index (χ1v) is 7.82. The molecule has 0 radical (unpaired) electrons. The van der Waals surface area contributed by atoms with Crippen molar-refractivity contribution in [2.45, 2.75) is 32.5 Å². The standard InChI is InChI=1S/C15H21FN6O2/c1-9-5-13(19-21(9)4)14(23)20(3)8-12-6-11(16)7-22(12)15-18-17-10(2)24-15/h5,11-12H,6-8H2,1-4H3/t11-,12-/m0/s1. The molecule has 2 aromatic heterocycles. The quantitative estimate of drug-likeness (QED) is 0.832. The van der Waals surface area contributed by atoms with Gasteiger partial charge >= 0.3 is 6.01 Å². The van der Waals surface area contributed by atoms with E-state index < -0.39 is 6.17 Å². The van der Waals surface area contributed by atoms with Gasteiger partial charge in [0, 0.05) is 39.7 Å². The molecule has 0 bridgehead atoms. The summed E-state index contributed by atoms with van der Waals surface area (Å²) in [5, 5.41) is 12.0. The normalized spacial score (nSPS) is 20.6. The smallest absolute Gasteiger partial charge is 0.318 e. The molecule has 1 aliphatic rings. The van der Waals surface area contributed by atoms with Crippen LogP contribution in [0.3, 0.4) is 0 Å². The molecule has 9 heteroatoms. The van der Waals surface area contributed by atoms with Gasteiger partial charge in [0.1, 0.15) is 6.17 Å². The Labute approximate surface area is 139 Å². The number of aryl methyl sites for hydroxylation is 3. The van der Waals surface area contributed by atoms with Crippen molar-refractivity contribution in [3.05, 3.63) is 23.3 Å². The molecule has 2 atom stereocenters. The molecule has 0 saturated carbocycles. The maximum atomic E-state index is 13.9. The van der Waals surface area contributed by atoms with Gasteiger partial charge in [-0.1, -0.05) is 5.10 Å². The van der Waals surface area contributed by atoms with Crippen molar-refractivity contribution in [2.24, 2.45) is 7.05 Å². The third-order valence-corrected chi connectivity index (χ3v) is 4.29. The lowest BCUT2D eigenvalue weighted by molar-refractivity contribution is 0.0779. The van der Waals surface area contributed by atoms with Gasteiger partial charge in [-0.2, -0.15) is 5.10 Å². The second-order valence-corrected chi connectivity index (χ2v) is 6.22. The Morgan fingerprint density at radius 2 is 2.21 bits per heavy atom. The van der Waals surface area contributed by atoms with E-state index in [0.29, 0.717) is 30.6 Å². The molecule has 8 nitrogen and oxygen atoms in total. The maximum absolute atomic E-state index is 13.9. The van der Waals surface area contributed by atoms with Crippen molar-refractivity contribution in [1.82, 2.24) is 24.9 Å². The number of carbonyl (C=O) groups excluding carboxylic acids is 1. The highest BCUT2D eigenvalue weighted by Gasteiger charge is 2.36. The lowest BCUT2D eigenvalue weighted by Crippen LogP contribution is -2.41. The van der Waals surface area contributed by atoms with Crippen LogP contribution in [0.1, 0.15) is 28.5 Å². The minimum absolute atomic E-state index is 0.191. The van der Waals surface area contributed by atoms with E-state index in [2.05, 4.69) is 15.3 Å². The average molecular weight is 336 g/mol. The number of nitrogens with zero attached hydrogens (tertiary/aromatic N) is 6. The highest BCUT2D eigenvalue weighted by atomic mass is 19.1. The summed E-state index contributed by atoms with van der Waals surface area (Å²) in [6.45, 7) is 4.12. The Kier molecular flexibility index (Phi) is 4.25. The van der Waals surface area contributed by atoms with Gasteiger partial charge < -0.3 is 14.2 Å². The van der Waals surface area contributed by atoms with Crippen LogP contribution in [0.25, 0.3) is 0 Å². The molecular weight excluding hydrogens is 315 g/mol. The number of alkyl halides is 1. The molecule has 1 aliphatic heterocycles. The van der Waals surface area contributed by atoms with Crippen molar-refractivity contribution < 1.29 is 13.6 Å². The van der Waals surface area contributed by atoms with Gasteiger partial charge in [-0.25, -0.2) is 4.39 Å². The van der Waals surface area contributed by atoms with Gasteiger partial charge in [0.25, 0.3) is 5.91 Å². The number of hydrogen-bond acceptors (Lipinski definition) is 6. The van der Waals surface area contributed by atoms with Crippen molar-refractivity contribution in [1.29, 1.82) is 0 Å². The zero-order valence-electron chi connectivity index (χ0n) is 14.2. The van der Waals surface area contributed by atoms with Crippen LogP contribution in [0.15, 0.2) is 10.5 Å². The van der Waals surface area contributed by atoms with E-state index in [1.165, 1.54) is 0 Å². The lowest BCUT2D eigenvalue weighted by atomic mass is 10.2. The summed E-state index contributed by atoms with van der Waals surface area (Å²) in [6, 6.07) is 1.83. The highest BCUT2D eigenvalue weighted by Crippen LogP contribution is 2.27. The van der Waals surface area contributed by atoms with Crippen LogP contribution in [0.5, 0.6) is 0 Å². The number of anilines is 1. The number of aromatic nitrogens is 4. The van der Waals surface area contributed by atoms with Crippen molar-refractivity contribution in [3.8, 4) is 0 Å². The summed E-state index contributed by atoms with van der Waals surface area (Å²) in [5.74, 6) is 0.238. The van der Waals surface area contributed by atoms with Crippen molar-refractivity contribution >= 4 is 11.9 Å². The summed E-state index contributed by atoms with van der Waals surface area (Å²) < 4.78 is 21.0. The predicted molar refractivity (Wildman–Crippen MR) is 84.6 cm³/mol. The zero-order valence-corrected chi connectivity index (χ0v) is 14.2. The van der Waals surface area contributed by atoms with Gasteiger partial charge in [0.05, 0.1) is 12.6 Å². The number of hydrogen-bond donors (Lipinski definition) is 0. The van der Waals surface area contributed by atoms with E-state index in [1.54, 1.807) is 41.6 Å². The van der Waals surface area contributed by atoms with Crippen LogP contribution in [0.4, 0.5) is 10.4 Å². The number of halogens is 1. The molecule has 1 amide bonds. The van der Waals surface area contributed by atoms with Crippen molar-refractivity contribution in [2.75, 3.05) is 25.0 Å². The molecule has 1 saturated heterocycles. The second kappa shape index (κ2) is 6.21. The van der Waals surface area contributed by atoms with E-state index in [9.17, 15) is 9.18 Å². The molecule has 0 aromatic carbocycles. The number of likely N-dealkylation sites (N-methyl/N-ethyl adjacent to an activating group) is 1. The Morgan fingerprint density at radius 1 is 1.46 bits per heavy atom. The largest absolute Gasteiger partial charge is 0.408 e. The van der Waals surface area contributed by atoms with Crippen LogP contribution < -0.4 is 4.90 Å². The molecule has 0 aliphatic carbocycles. The molecule has 3 rings (SSSR count). The summed E-state index contributed by atoms with van der Waals surface area (Å²) in [7, 11) is 3.48. The highest BCUT2D eigenvalue weighted by molar-refractivity contribution is 5.92. The molecule has 3 heterocycles. The molecule has 130 valence electrons. The lowest BCUT2D eigenvalue weighted by Gasteiger charge is -2.26. The van der Waals surface area contributed by atoms with Gasteiger partial charge in [0.2, 0.25) is 5.89 Å². The topological polar surface area (TPSA) is 80.3 Å². The maximum Gasteiger partial charge on any atom is 0.318 e. The fourth-order valence-corrected chi connectivity index (χ4v) is 2.93. The molecule has 0 spiro atoms. The summed E-state index contributed by atoms with van der Waals surface area (Å²) >= 11 is 0. The fourth-order valence-electron chi connectivity index (χ4n) is 2.93. The molecule has 1 fully saturated rings. The fraction of sp³-hybridized carbons (Fsp3) is 0.600. The van der Waals surface area contributed by atoms with Gasteiger partial charge in [-0.3, -0.25) is 9.48 Å². The molecule has 0 unspecified atom stereocenters. The zero-order chi connectivity index (χ0) is 17.4. The first-order chi connectivity index (χ1) is 11.3. The molecule has 2 aromatic rings. The molecular formula is C15H21FN6O2. The summed E-state index contributed by atoms with van der Waals surface area (Å²) in [4.78, 5) is 15.8. The van der Waals surface area contributed by atoms with Gasteiger partial charge in [-0.05, 0) is 13.0 Å². The van der Waals surface area contributed by atoms with Crippen molar-refractivity contribution in [3.63, 3.8) is 0 Å². The van der Waals surface area contributed by atoms with Crippen LogP contribution in [0, 0.1) is 13.8 Å². The Bertz CT molecular complexity index is 723. The van der Waals surface area contributed by atoms with Crippen LogP contribution in [-0.4, -0.2) is 63.1 Å². The van der Waals surface area contributed by atoms with Crippen LogP contribution >= 0.6 is 0 Å². The first kappa shape index (κ1) is 16.4. The number of carbonyl (C=O) groups is 1. The van der Waals surface area contributed by atoms with E-state index in [0.717, 1.165) is 5.69 Å². The first-order valence-electron chi connectivity index (χ1n) is 7.82. The minimum Gasteiger partial charge on any atom is -0.408 e. The summed E-state index contributed by atoms with van der Waals surface area (Å²) in [5.41, 5.74) is 1.28. The SMILES string of the molecule is Cc1nnc(N2C[C@@H](F)C[C@H]2CN(C)C(=O)c2cc(C)n(C)n2)o1. The molecule has 24 heavy (non-hydrogen) atoms. The van der Waals surface area contributed by atoms with E-state index in [1.807, 2.05) is 6.92 Å². The van der Waals surface area contributed by atoms with E-state index in [-0.39, 0.29) is 18.5 Å². The third-order valence-electron chi connectivity index (χ3n) is 4.29. The number of rotatable bonds is 4. The van der Waals surface area contributed by atoms with E-state index in [4.69, 9.17) is 4.42 Å². The third kappa shape index (κ3) is 3.10. The van der Waals surface area contributed by atoms with Gasteiger partial charge in [-0.15, -0.1) is 5.10 Å². The van der Waals surface area contributed by atoms with Gasteiger partial charge in [0.15, 0.2) is 5.69 Å². The van der Waals surface area contributed by atoms with E-state index >= 15 is 0 Å². The minimum atomic E-state index is -0.984. The molecule has 0 N–H and O–H groups in total. The monoisotopic (exact) mass is 336 g/mol. The predicted octanol–water partition coefficient (Wildman–Crippen LogP) is 1.11. The second-order valence-electron chi connectivity index (χ2n) is 6.22. The van der Waals surface area contributed by atoms with Crippen LogP contribution in [0.2, 0.25) is 0 Å². The number of amides is 1. The Balaban J connectivity index is 1.72. The summed E-state index contributed by atoms with van der Waals surface area (Å²) in [6.07, 6.45) is -0.664. The Hall–Kier alpha value is -2.45. The average Bonchev–Trinajstić information content (AvgIpc) is 3.19.